The van der Waals surface area contributed by atoms with Gasteiger partial charge in [0.1, 0.15) is 11.9 Å². The molecule has 0 spiro atoms. The van der Waals surface area contributed by atoms with Crippen LogP contribution >= 0.6 is 0 Å². The van der Waals surface area contributed by atoms with Crippen molar-refractivity contribution in [2.75, 3.05) is 0 Å². The molecule has 0 bridgehead atoms. The number of hydrogen-bond acceptors (Lipinski definition) is 2. The van der Waals surface area contributed by atoms with Gasteiger partial charge in [0, 0.05) is 25.0 Å². The first-order chi connectivity index (χ1) is 11.5. The zero-order valence-electron chi connectivity index (χ0n) is 14.2. The molecule has 1 heterocycles. The monoisotopic (exact) mass is 319 g/mol. The second-order valence-corrected chi connectivity index (χ2v) is 6.09. The van der Waals surface area contributed by atoms with Crippen LogP contribution in [-0.4, -0.2) is 15.5 Å². The van der Waals surface area contributed by atoms with E-state index in [1.54, 1.807) is 6.20 Å². The van der Waals surface area contributed by atoms with Crippen molar-refractivity contribution >= 4 is 5.91 Å². The van der Waals surface area contributed by atoms with Crippen LogP contribution < -0.4 is 5.32 Å². The number of nitrogens with zero attached hydrogens (tertiary/aromatic N) is 2. The minimum Gasteiger partial charge on any atom is -0.338 e. The van der Waals surface area contributed by atoms with Gasteiger partial charge < -0.3 is 9.88 Å². The van der Waals surface area contributed by atoms with Gasteiger partial charge in [0.2, 0.25) is 0 Å². The number of carbonyl (C=O) groups is 1. The molecule has 1 aromatic heterocycles. The van der Waals surface area contributed by atoms with Gasteiger partial charge in [-0.2, -0.15) is 0 Å². The molecular formula is C20H21N3O. The first-order valence-corrected chi connectivity index (χ1v) is 7.96. The fourth-order valence-corrected chi connectivity index (χ4v) is 2.92. The number of imidazole rings is 1. The molecule has 0 aliphatic heterocycles. The van der Waals surface area contributed by atoms with Crippen LogP contribution in [0.1, 0.15) is 38.9 Å². The van der Waals surface area contributed by atoms with E-state index in [1.165, 1.54) is 0 Å². The summed E-state index contributed by atoms with van der Waals surface area (Å²) in [6.07, 6.45) is 3.63. The van der Waals surface area contributed by atoms with Crippen LogP contribution in [0.4, 0.5) is 0 Å². The average molecular weight is 319 g/mol. The summed E-state index contributed by atoms with van der Waals surface area (Å²) in [5.74, 6) is 0.706. The van der Waals surface area contributed by atoms with E-state index in [1.807, 2.05) is 74.1 Å². The Balaban J connectivity index is 1.95. The standard InChI is InChI=1S/C20H21N3O/c1-14-11-15(2)13-17(12-14)20(24)22-18(16-7-5-4-6-8-16)19-21-9-10-23(19)3/h4-13,18H,1-3H3,(H,22,24). The Hall–Kier alpha value is -2.88. The number of carbonyl (C=O) groups excluding carboxylic acids is 1. The minimum atomic E-state index is -0.292. The van der Waals surface area contributed by atoms with E-state index >= 15 is 0 Å². The van der Waals surface area contributed by atoms with Crippen molar-refractivity contribution in [3.05, 3.63) is 89.0 Å². The van der Waals surface area contributed by atoms with Gasteiger partial charge in [-0.05, 0) is 31.5 Å². The Morgan fingerprint density at radius 3 is 2.33 bits per heavy atom. The summed E-state index contributed by atoms with van der Waals surface area (Å²) in [5, 5.41) is 3.12. The maximum absolute atomic E-state index is 12.8. The van der Waals surface area contributed by atoms with Crippen molar-refractivity contribution in [3.63, 3.8) is 0 Å². The number of amides is 1. The minimum absolute atomic E-state index is 0.0985. The number of aromatic nitrogens is 2. The van der Waals surface area contributed by atoms with Crippen molar-refractivity contribution in [1.82, 2.24) is 14.9 Å². The lowest BCUT2D eigenvalue weighted by Gasteiger charge is -2.19. The van der Waals surface area contributed by atoms with Gasteiger partial charge in [-0.1, -0.05) is 47.5 Å². The largest absolute Gasteiger partial charge is 0.338 e. The Morgan fingerprint density at radius 1 is 1.08 bits per heavy atom. The molecule has 0 aliphatic rings. The first-order valence-electron chi connectivity index (χ1n) is 7.96. The van der Waals surface area contributed by atoms with Gasteiger partial charge >= 0.3 is 0 Å². The molecule has 0 fully saturated rings. The molecule has 1 unspecified atom stereocenters. The lowest BCUT2D eigenvalue weighted by atomic mass is 10.0. The SMILES string of the molecule is Cc1cc(C)cc(C(=O)NC(c2ccccc2)c2nccn2C)c1. The molecule has 3 rings (SSSR count). The number of nitrogens with one attached hydrogen (secondary N) is 1. The molecule has 0 saturated heterocycles. The maximum atomic E-state index is 12.8. The highest BCUT2D eigenvalue weighted by Gasteiger charge is 2.21. The second kappa shape index (κ2) is 6.71. The third-order valence-electron chi connectivity index (χ3n) is 4.01. The van der Waals surface area contributed by atoms with Gasteiger partial charge in [0.05, 0.1) is 0 Å². The van der Waals surface area contributed by atoms with Crippen LogP contribution in [0.25, 0.3) is 0 Å². The van der Waals surface area contributed by atoms with E-state index < -0.39 is 0 Å². The van der Waals surface area contributed by atoms with Crippen LogP contribution in [0.5, 0.6) is 0 Å². The lowest BCUT2D eigenvalue weighted by Crippen LogP contribution is -2.31. The molecule has 0 saturated carbocycles. The molecule has 1 N–H and O–H groups in total. The third-order valence-corrected chi connectivity index (χ3v) is 4.01. The smallest absolute Gasteiger partial charge is 0.252 e. The molecular weight excluding hydrogens is 298 g/mol. The van der Waals surface area contributed by atoms with E-state index in [2.05, 4.69) is 16.4 Å². The number of hydrogen-bond donors (Lipinski definition) is 1. The van der Waals surface area contributed by atoms with E-state index in [9.17, 15) is 4.79 Å². The number of rotatable bonds is 4. The highest BCUT2D eigenvalue weighted by Crippen LogP contribution is 2.21. The Kier molecular flexibility index (Phi) is 4.47. The van der Waals surface area contributed by atoms with Crippen molar-refractivity contribution in [2.24, 2.45) is 7.05 Å². The molecule has 4 nitrogen and oxygen atoms in total. The lowest BCUT2D eigenvalue weighted by molar-refractivity contribution is 0.0941. The van der Waals surface area contributed by atoms with Crippen molar-refractivity contribution in [1.29, 1.82) is 0 Å². The fourth-order valence-electron chi connectivity index (χ4n) is 2.92. The average Bonchev–Trinajstić information content (AvgIpc) is 2.98. The van der Waals surface area contributed by atoms with E-state index in [4.69, 9.17) is 0 Å². The van der Waals surface area contributed by atoms with Gasteiger partial charge in [0.25, 0.3) is 5.91 Å². The molecule has 0 radical (unpaired) electrons. The summed E-state index contributed by atoms with van der Waals surface area (Å²) in [6, 6.07) is 15.5. The molecule has 1 amide bonds. The van der Waals surface area contributed by atoms with Gasteiger partial charge in [-0.25, -0.2) is 4.98 Å². The summed E-state index contributed by atoms with van der Waals surface area (Å²) >= 11 is 0. The van der Waals surface area contributed by atoms with Crippen LogP contribution in [0.3, 0.4) is 0 Å². The molecule has 0 aliphatic carbocycles. The predicted octanol–water partition coefficient (Wildman–Crippen LogP) is 3.56. The van der Waals surface area contributed by atoms with Gasteiger partial charge in [-0.15, -0.1) is 0 Å². The zero-order chi connectivity index (χ0) is 17.1. The van der Waals surface area contributed by atoms with Crippen molar-refractivity contribution < 1.29 is 4.79 Å². The molecule has 122 valence electrons. The summed E-state index contributed by atoms with van der Waals surface area (Å²) < 4.78 is 1.93. The van der Waals surface area contributed by atoms with Gasteiger partial charge in [0.15, 0.2) is 0 Å². The third kappa shape index (κ3) is 3.38. The summed E-state index contributed by atoms with van der Waals surface area (Å²) in [6.45, 7) is 3.99. The van der Waals surface area contributed by atoms with E-state index in [-0.39, 0.29) is 11.9 Å². The quantitative estimate of drug-likeness (QED) is 0.799. The molecule has 1 atom stereocenters. The van der Waals surface area contributed by atoms with Crippen LogP contribution in [0, 0.1) is 13.8 Å². The molecule has 4 heteroatoms. The Bertz CT molecular complexity index is 832. The van der Waals surface area contributed by atoms with Crippen molar-refractivity contribution in [3.8, 4) is 0 Å². The van der Waals surface area contributed by atoms with Crippen molar-refractivity contribution in [2.45, 2.75) is 19.9 Å². The highest BCUT2D eigenvalue weighted by molar-refractivity contribution is 5.95. The number of benzene rings is 2. The summed E-state index contributed by atoms with van der Waals surface area (Å²) in [4.78, 5) is 17.2. The Morgan fingerprint density at radius 2 is 1.75 bits per heavy atom. The van der Waals surface area contributed by atoms with Crippen LogP contribution in [0.15, 0.2) is 60.9 Å². The van der Waals surface area contributed by atoms with Crippen LogP contribution in [-0.2, 0) is 7.05 Å². The molecule has 3 aromatic rings. The van der Waals surface area contributed by atoms with E-state index in [0.29, 0.717) is 5.56 Å². The summed E-state index contributed by atoms with van der Waals surface area (Å²) in [7, 11) is 1.93. The van der Waals surface area contributed by atoms with Gasteiger partial charge in [-0.3, -0.25) is 4.79 Å². The summed E-state index contributed by atoms with van der Waals surface area (Å²) in [5.41, 5.74) is 3.83. The van der Waals surface area contributed by atoms with Crippen LogP contribution in [0.2, 0.25) is 0 Å². The molecule has 24 heavy (non-hydrogen) atoms. The number of aryl methyl sites for hydroxylation is 3. The Labute approximate surface area is 142 Å². The highest BCUT2D eigenvalue weighted by atomic mass is 16.1. The zero-order valence-corrected chi connectivity index (χ0v) is 14.2. The normalized spacial score (nSPS) is 12.0. The predicted molar refractivity (Wildman–Crippen MR) is 94.9 cm³/mol. The topological polar surface area (TPSA) is 46.9 Å². The fraction of sp³-hybridized carbons (Fsp3) is 0.200. The maximum Gasteiger partial charge on any atom is 0.252 e. The van der Waals surface area contributed by atoms with E-state index in [0.717, 1.165) is 22.5 Å². The second-order valence-electron chi connectivity index (χ2n) is 6.09. The molecule has 2 aromatic carbocycles. The first kappa shape index (κ1) is 16.0.